The number of carbonyl (C=O) groups excluding carboxylic acids is 1. The Hall–Kier alpha value is -0.619. The highest BCUT2D eigenvalue weighted by Crippen LogP contribution is 2.44. The molecule has 1 aromatic carbocycles. The Kier molecular flexibility index (Phi) is 16.3. The maximum Gasteiger partial charge on any atom is 0.192 e. The molecule has 8 heteroatoms. The summed E-state index contributed by atoms with van der Waals surface area (Å²) in [6, 6.07) is 10.3. The standard InChI is InChI=1S/C40H78O5Si3/c1-31(24-23-28-42-30-33-25-21-20-22-26-33)35(45-48(18,19)39(9,10)11)32(2)36(41)40(12,13)34(44-47(16,17)38(6,7)8)27-29-43-46(14,15)37(3,4)5/h20-22,25-26,31-32,34-35H,23-24,27-30H2,1-19H3. The first-order valence-corrected chi connectivity index (χ1v) is 27.4. The molecule has 0 aromatic heterocycles. The zero-order chi connectivity index (χ0) is 37.6. The fraction of sp³-hybridized carbons (Fsp3) is 0.825. The van der Waals surface area contributed by atoms with Crippen LogP contribution >= 0.6 is 0 Å². The number of hydrogen-bond donors (Lipinski definition) is 0. The lowest BCUT2D eigenvalue weighted by atomic mass is 9.73. The average molecular weight is 723 g/mol. The Labute approximate surface area is 301 Å². The summed E-state index contributed by atoms with van der Waals surface area (Å²) in [5, 5.41) is 0.193. The molecular weight excluding hydrogens is 645 g/mol. The Balaban J connectivity index is 3.33. The van der Waals surface area contributed by atoms with Crippen LogP contribution in [-0.2, 0) is 29.4 Å². The molecule has 1 aromatic rings. The normalized spacial score (nSPS) is 16.8. The fourth-order valence-corrected chi connectivity index (χ4v) is 9.30. The van der Waals surface area contributed by atoms with Crippen molar-refractivity contribution in [1.29, 1.82) is 0 Å². The van der Waals surface area contributed by atoms with Crippen molar-refractivity contribution < 1.29 is 22.8 Å². The maximum atomic E-state index is 14.9. The molecule has 4 atom stereocenters. The highest BCUT2D eigenvalue weighted by atomic mass is 28.4. The first-order chi connectivity index (χ1) is 21.5. The van der Waals surface area contributed by atoms with Crippen LogP contribution in [0.1, 0.15) is 115 Å². The van der Waals surface area contributed by atoms with Crippen molar-refractivity contribution in [2.75, 3.05) is 13.2 Å². The fourth-order valence-electron chi connectivity index (χ4n) is 5.30. The molecule has 0 N–H and O–H groups in total. The number of benzene rings is 1. The average Bonchev–Trinajstić information content (AvgIpc) is 2.92. The van der Waals surface area contributed by atoms with Gasteiger partial charge in [-0.3, -0.25) is 4.79 Å². The van der Waals surface area contributed by atoms with E-state index in [0.29, 0.717) is 26.2 Å². The van der Waals surface area contributed by atoms with Gasteiger partial charge in [0.1, 0.15) is 5.78 Å². The van der Waals surface area contributed by atoms with Gasteiger partial charge in [-0.05, 0) is 85.1 Å². The molecule has 0 aliphatic heterocycles. The molecule has 0 aliphatic rings. The van der Waals surface area contributed by atoms with E-state index in [9.17, 15) is 4.79 Å². The molecule has 5 nitrogen and oxygen atoms in total. The molecule has 1 rings (SSSR count). The summed E-state index contributed by atoms with van der Waals surface area (Å²) in [7, 11) is -6.30. The van der Waals surface area contributed by atoms with Gasteiger partial charge in [0.25, 0.3) is 0 Å². The number of Topliss-reactive ketones (excluding diaryl/α,β-unsaturated/α-hetero) is 1. The minimum Gasteiger partial charge on any atom is -0.417 e. The first kappa shape index (κ1) is 45.4. The van der Waals surface area contributed by atoms with Gasteiger partial charge >= 0.3 is 0 Å². The molecule has 0 bridgehead atoms. The van der Waals surface area contributed by atoms with Crippen LogP contribution in [0, 0.1) is 17.3 Å². The second kappa shape index (κ2) is 17.3. The second-order valence-corrected chi connectivity index (χ2v) is 34.0. The molecule has 0 aliphatic carbocycles. The van der Waals surface area contributed by atoms with Crippen LogP contribution in [0.25, 0.3) is 0 Å². The maximum absolute atomic E-state index is 14.9. The van der Waals surface area contributed by atoms with Crippen molar-refractivity contribution in [2.24, 2.45) is 17.3 Å². The molecule has 280 valence electrons. The van der Waals surface area contributed by atoms with Gasteiger partial charge in [0, 0.05) is 24.5 Å². The summed E-state index contributed by atoms with van der Waals surface area (Å²) in [4.78, 5) is 14.9. The van der Waals surface area contributed by atoms with Crippen LogP contribution in [0.4, 0.5) is 0 Å². The van der Waals surface area contributed by atoms with Gasteiger partial charge in [-0.15, -0.1) is 0 Å². The van der Waals surface area contributed by atoms with Gasteiger partial charge in [0.15, 0.2) is 25.0 Å². The summed E-state index contributed by atoms with van der Waals surface area (Å²) in [6.45, 7) is 44.8. The molecule has 48 heavy (non-hydrogen) atoms. The number of rotatable bonds is 19. The minimum absolute atomic E-state index is 0.0291. The van der Waals surface area contributed by atoms with Crippen LogP contribution in [0.15, 0.2) is 30.3 Å². The van der Waals surface area contributed by atoms with E-state index in [-0.39, 0.29) is 44.9 Å². The lowest BCUT2D eigenvalue weighted by Gasteiger charge is -2.47. The van der Waals surface area contributed by atoms with Crippen molar-refractivity contribution >= 4 is 30.7 Å². The minimum atomic E-state index is -2.19. The Bertz CT molecular complexity index is 1110. The zero-order valence-electron chi connectivity index (χ0n) is 35.0. The Morgan fingerprint density at radius 2 is 1.15 bits per heavy atom. The monoisotopic (exact) mass is 723 g/mol. The molecule has 0 spiro atoms. The van der Waals surface area contributed by atoms with Crippen LogP contribution in [-0.4, -0.2) is 56.2 Å². The smallest absolute Gasteiger partial charge is 0.192 e. The van der Waals surface area contributed by atoms with E-state index in [4.69, 9.17) is 18.0 Å². The largest absolute Gasteiger partial charge is 0.417 e. The quantitative estimate of drug-likeness (QED) is 0.105. The Morgan fingerprint density at radius 3 is 1.62 bits per heavy atom. The van der Waals surface area contributed by atoms with Crippen molar-refractivity contribution in [3.8, 4) is 0 Å². The zero-order valence-corrected chi connectivity index (χ0v) is 38.0. The summed E-state index contributed by atoms with van der Waals surface area (Å²) in [5.74, 6) is 0.159. The van der Waals surface area contributed by atoms with Crippen LogP contribution in [0.3, 0.4) is 0 Å². The van der Waals surface area contributed by atoms with E-state index < -0.39 is 30.4 Å². The third-order valence-electron chi connectivity index (χ3n) is 12.1. The van der Waals surface area contributed by atoms with Gasteiger partial charge in [-0.1, -0.05) is 120 Å². The summed E-state index contributed by atoms with van der Waals surface area (Å²) >= 11 is 0. The van der Waals surface area contributed by atoms with Gasteiger partial charge in [-0.2, -0.15) is 0 Å². The number of hydrogen-bond acceptors (Lipinski definition) is 5. The number of ketones is 1. The highest BCUT2D eigenvalue weighted by molar-refractivity contribution is 6.75. The van der Waals surface area contributed by atoms with Crippen LogP contribution in [0.5, 0.6) is 0 Å². The second-order valence-electron chi connectivity index (χ2n) is 19.6. The van der Waals surface area contributed by atoms with E-state index in [1.807, 2.05) is 18.2 Å². The predicted molar refractivity (Wildman–Crippen MR) is 214 cm³/mol. The molecule has 0 saturated carbocycles. The first-order valence-electron chi connectivity index (χ1n) is 18.6. The molecule has 0 saturated heterocycles. The van der Waals surface area contributed by atoms with Gasteiger partial charge in [0.05, 0.1) is 18.8 Å². The van der Waals surface area contributed by atoms with E-state index in [1.54, 1.807) is 0 Å². The topological polar surface area (TPSA) is 54.0 Å². The van der Waals surface area contributed by atoms with Gasteiger partial charge in [-0.25, -0.2) is 0 Å². The van der Waals surface area contributed by atoms with Gasteiger partial charge < -0.3 is 18.0 Å². The molecule has 0 radical (unpaired) electrons. The van der Waals surface area contributed by atoms with E-state index in [2.05, 4.69) is 141 Å². The molecule has 4 unspecified atom stereocenters. The number of carbonyl (C=O) groups is 1. The van der Waals surface area contributed by atoms with E-state index in [1.165, 1.54) is 5.56 Å². The van der Waals surface area contributed by atoms with Crippen LogP contribution < -0.4 is 0 Å². The van der Waals surface area contributed by atoms with Crippen molar-refractivity contribution in [1.82, 2.24) is 0 Å². The van der Waals surface area contributed by atoms with Crippen molar-refractivity contribution in [2.45, 2.75) is 182 Å². The predicted octanol–water partition coefficient (Wildman–Crippen LogP) is 12.0. The Morgan fingerprint density at radius 1 is 0.667 bits per heavy atom. The lowest BCUT2D eigenvalue weighted by molar-refractivity contribution is -0.141. The van der Waals surface area contributed by atoms with E-state index in [0.717, 1.165) is 12.8 Å². The summed E-state index contributed by atoms with van der Waals surface area (Å²) < 4.78 is 27.1. The third kappa shape index (κ3) is 12.9. The molecule has 0 fully saturated rings. The van der Waals surface area contributed by atoms with Crippen LogP contribution in [0.2, 0.25) is 54.4 Å². The van der Waals surface area contributed by atoms with Crippen molar-refractivity contribution in [3.05, 3.63) is 35.9 Å². The van der Waals surface area contributed by atoms with Crippen molar-refractivity contribution in [3.63, 3.8) is 0 Å². The van der Waals surface area contributed by atoms with Gasteiger partial charge in [0.2, 0.25) is 0 Å². The van der Waals surface area contributed by atoms with E-state index >= 15 is 0 Å². The molecule has 0 amide bonds. The SMILES string of the molecule is CC(CCCOCc1ccccc1)C(O[Si](C)(C)C(C)(C)C)C(C)C(=O)C(C)(C)C(CCO[Si](C)(C)C(C)(C)C)O[Si](C)(C)C(C)(C)C. The number of ether oxygens (including phenoxy) is 1. The molecular formula is C40H78O5Si3. The molecule has 0 heterocycles. The third-order valence-corrected chi connectivity index (χ3v) is 25.6. The lowest BCUT2D eigenvalue weighted by Crippen LogP contribution is -2.54. The highest BCUT2D eigenvalue weighted by Gasteiger charge is 2.49. The summed E-state index contributed by atoms with van der Waals surface area (Å²) in [6.07, 6.45) is 2.15. The summed E-state index contributed by atoms with van der Waals surface area (Å²) in [5.41, 5.74) is 0.481.